The van der Waals surface area contributed by atoms with Crippen molar-refractivity contribution in [3.05, 3.63) is 57.6 Å². The van der Waals surface area contributed by atoms with Gasteiger partial charge in [-0.3, -0.25) is 4.79 Å². The fourth-order valence-electron chi connectivity index (χ4n) is 3.14. The number of fused-ring (bicyclic) bond motifs is 2. The van der Waals surface area contributed by atoms with Gasteiger partial charge in [-0.1, -0.05) is 11.6 Å². The molecule has 2 aliphatic rings. The fraction of sp³-hybridized carbons (Fsp3) is 0.278. The minimum atomic E-state index is -0.120. The van der Waals surface area contributed by atoms with Crippen molar-refractivity contribution in [2.45, 2.75) is 19.4 Å². The molecule has 1 amide bonds. The van der Waals surface area contributed by atoms with E-state index in [1.807, 2.05) is 0 Å². The zero-order chi connectivity index (χ0) is 15.8. The number of carbonyl (C=O) groups excluding carboxylic acids is 1. The number of nitrogens with one attached hydrogen (secondary N) is 1. The molecule has 4 nitrogen and oxygen atoms in total. The number of halogens is 1. The Kier molecular flexibility index (Phi) is 3.62. The molecule has 0 aliphatic carbocycles. The summed E-state index contributed by atoms with van der Waals surface area (Å²) < 4.78 is 11.5. The van der Waals surface area contributed by atoms with E-state index in [4.69, 9.17) is 21.1 Å². The van der Waals surface area contributed by atoms with E-state index >= 15 is 0 Å². The summed E-state index contributed by atoms with van der Waals surface area (Å²) in [6.45, 7) is 1.82. The summed E-state index contributed by atoms with van der Waals surface area (Å²) >= 11 is 5.86. The van der Waals surface area contributed by atoms with E-state index in [9.17, 15) is 4.79 Å². The highest BCUT2D eigenvalue weighted by molar-refractivity contribution is 6.30. The highest BCUT2D eigenvalue weighted by Gasteiger charge is 2.26. The van der Waals surface area contributed by atoms with Crippen LogP contribution in [0, 0.1) is 0 Å². The molecule has 23 heavy (non-hydrogen) atoms. The standard InChI is InChI=1S/C18H16ClNO3/c19-13-3-1-11(2-4-13)18(21)20-10-15-14-6-8-22-16(14)9-12-5-7-23-17(12)15/h1-4,9H,5-8,10H2,(H,20,21). The Hall–Kier alpha value is -2.20. The Morgan fingerprint density at radius 3 is 2.74 bits per heavy atom. The van der Waals surface area contributed by atoms with Crippen molar-refractivity contribution in [1.29, 1.82) is 0 Å². The Bertz CT molecular complexity index is 739. The first-order valence-electron chi connectivity index (χ1n) is 7.69. The van der Waals surface area contributed by atoms with E-state index in [1.165, 1.54) is 5.56 Å². The molecule has 0 aromatic heterocycles. The summed E-state index contributed by atoms with van der Waals surface area (Å²) in [4.78, 5) is 12.3. The first-order chi connectivity index (χ1) is 11.2. The summed E-state index contributed by atoms with van der Waals surface area (Å²) in [5.74, 6) is 1.74. The molecule has 0 unspecified atom stereocenters. The maximum absolute atomic E-state index is 12.3. The molecule has 4 rings (SSSR count). The summed E-state index contributed by atoms with van der Waals surface area (Å²) in [7, 11) is 0. The SMILES string of the molecule is O=C(NCc1c2c(cc3c1OCC3)OCC2)c1ccc(Cl)cc1. The van der Waals surface area contributed by atoms with Crippen LogP contribution in [0.1, 0.15) is 27.0 Å². The lowest BCUT2D eigenvalue weighted by Gasteiger charge is -2.13. The molecular weight excluding hydrogens is 314 g/mol. The molecule has 0 radical (unpaired) electrons. The van der Waals surface area contributed by atoms with Crippen molar-refractivity contribution in [2.75, 3.05) is 13.2 Å². The zero-order valence-electron chi connectivity index (χ0n) is 12.5. The molecule has 0 fully saturated rings. The molecule has 0 spiro atoms. The average molecular weight is 330 g/mol. The maximum atomic E-state index is 12.3. The minimum absolute atomic E-state index is 0.120. The van der Waals surface area contributed by atoms with Crippen LogP contribution in [0.2, 0.25) is 5.02 Å². The second kappa shape index (κ2) is 5.78. The van der Waals surface area contributed by atoms with E-state index in [0.29, 0.717) is 30.3 Å². The second-order valence-electron chi connectivity index (χ2n) is 5.71. The second-order valence-corrected chi connectivity index (χ2v) is 6.14. The number of rotatable bonds is 3. The third-order valence-corrected chi connectivity index (χ3v) is 4.54. The fourth-order valence-corrected chi connectivity index (χ4v) is 3.27. The van der Waals surface area contributed by atoms with Crippen molar-refractivity contribution < 1.29 is 14.3 Å². The van der Waals surface area contributed by atoms with Crippen molar-refractivity contribution in [3.8, 4) is 11.5 Å². The van der Waals surface area contributed by atoms with Gasteiger partial charge in [-0.2, -0.15) is 0 Å². The summed E-state index contributed by atoms with van der Waals surface area (Å²) in [5.41, 5.74) is 3.97. The largest absolute Gasteiger partial charge is 0.493 e. The van der Waals surface area contributed by atoms with Crippen LogP contribution in [0.15, 0.2) is 30.3 Å². The minimum Gasteiger partial charge on any atom is -0.493 e. The molecular formula is C18H16ClNO3. The molecule has 0 bridgehead atoms. The molecule has 5 heteroatoms. The molecule has 1 N–H and O–H groups in total. The smallest absolute Gasteiger partial charge is 0.251 e. The van der Waals surface area contributed by atoms with Crippen molar-refractivity contribution in [3.63, 3.8) is 0 Å². The van der Waals surface area contributed by atoms with E-state index in [1.54, 1.807) is 24.3 Å². The monoisotopic (exact) mass is 329 g/mol. The van der Waals surface area contributed by atoms with Crippen LogP contribution in [0.4, 0.5) is 0 Å². The van der Waals surface area contributed by atoms with Crippen LogP contribution in [0.5, 0.6) is 11.5 Å². The van der Waals surface area contributed by atoms with E-state index in [-0.39, 0.29) is 5.91 Å². The predicted molar refractivity (Wildman–Crippen MR) is 87.5 cm³/mol. The lowest BCUT2D eigenvalue weighted by molar-refractivity contribution is 0.0950. The van der Waals surface area contributed by atoms with Gasteiger partial charge in [-0.15, -0.1) is 0 Å². The van der Waals surface area contributed by atoms with Gasteiger partial charge in [0.2, 0.25) is 0 Å². The third kappa shape index (κ3) is 2.63. The van der Waals surface area contributed by atoms with Crippen molar-refractivity contribution in [2.24, 2.45) is 0 Å². The first-order valence-corrected chi connectivity index (χ1v) is 8.07. The average Bonchev–Trinajstić information content (AvgIpc) is 3.20. The van der Waals surface area contributed by atoms with Crippen LogP contribution in [-0.2, 0) is 19.4 Å². The zero-order valence-corrected chi connectivity index (χ0v) is 13.3. The highest BCUT2D eigenvalue weighted by Crippen LogP contribution is 2.40. The van der Waals surface area contributed by atoms with Crippen molar-refractivity contribution in [1.82, 2.24) is 5.32 Å². The van der Waals surface area contributed by atoms with Gasteiger partial charge in [0.05, 0.1) is 13.2 Å². The number of carbonyl (C=O) groups is 1. The van der Waals surface area contributed by atoms with Crippen LogP contribution in [0.3, 0.4) is 0 Å². The Morgan fingerprint density at radius 1 is 1.13 bits per heavy atom. The number of benzene rings is 2. The van der Waals surface area contributed by atoms with Crippen LogP contribution in [0.25, 0.3) is 0 Å². The van der Waals surface area contributed by atoms with Crippen LogP contribution >= 0.6 is 11.6 Å². The summed E-state index contributed by atoms with van der Waals surface area (Å²) in [6, 6.07) is 8.94. The Balaban J connectivity index is 1.58. The van der Waals surface area contributed by atoms with Gasteiger partial charge in [0, 0.05) is 46.7 Å². The Morgan fingerprint density at radius 2 is 1.91 bits per heavy atom. The summed E-state index contributed by atoms with van der Waals surface area (Å²) in [5, 5.41) is 3.59. The topological polar surface area (TPSA) is 47.6 Å². The molecule has 2 heterocycles. The van der Waals surface area contributed by atoms with Crippen molar-refractivity contribution >= 4 is 17.5 Å². The van der Waals surface area contributed by atoms with Crippen LogP contribution in [-0.4, -0.2) is 19.1 Å². The van der Waals surface area contributed by atoms with Gasteiger partial charge in [0.15, 0.2) is 0 Å². The lowest BCUT2D eigenvalue weighted by atomic mass is 9.99. The van der Waals surface area contributed by atoms with Gasteiger partial charge in [-0.05, 0) is 30.3 Å². The molecule has 2 aromatic rings. The number of ether oxygens (including phenoxy) is 2. The molecule has 0 saturated carbocycles. The predicted octanol–water partition coefficient (Wildman–Crippen LogP) is 3.14. The number of hydrogen-bond acceptors (Lipinski definition) is 3. The molecule has 118 valence electrons. The summed E-state index contributed by atoms with van der Waals surface area (Å²) in [6.07, 6.45) is 1.75. The molecule has 0 saturated heterocycles. The maximum Gasteiger partial charge on any atom is 0.251 e. The third-order valence-electron chi connectivity index (χ3n) is 4.29. The van der Waals surface area contributed by atoms with E-state index in [0.717, 1.165) is 35.5 Å². The molecule has 0 atom stereocenters. The molecule has 2 aliphatic heterocycles. The van der Waals surface area contributed by atoms with E-state index in [2.05, 4.69) is 11.4 Å². The van der Waals surface area contributed by atoms with Crippen LogP contribution < -0.4 is 14.8 Å². The van der Waals surface area contributed by atoms with Gasteiger partial charge in [0.1, 0.15) is 11.5 Å². The van der Waals surface area contributed by atoms with Gasteiger partial charge in [0.25, 0.3) is 5.91 Å². The highest BCUT2D eigenvalue weighted by atomic mass is 35.5. The lowest BCUT2D eigenvalue weighted by Crippen LogP contribution is -2.23. The van der Waals surface area contributed by atoms with Gasteiger partial charge in [-0.25, -0.2) is 0 Å². The number of hydrogen-bond donors (Lipinski definition) is 1. The normalized spacial score (nSPS) is 14.7. The van der Waals surface area contributed by atoms with Gasteiger partial charge >= 0.3 is 0 Å². The van der Waals surface area contributed by atoms with E-state index < -0.39 is 0 Å². The first kappa shape index (κ1) is 14.4. The Labute approximate surface area is 139 Å². The number of amides is 1. The quantitative estimate of drug-likeness (QED) is 0.941. The van der Waals surface area contributed by atoms with Gasteiger partial charge < -0.3 is 14.8 Å². The molecule has 2 aromatic carbocycles.